The van der Waals surface area contributed by atoms with Crippen LogP contribution >= 0.6 is 0 Å². The molecule has 4 nitrogen and oxygen atoms in total. The SMILES string of the molecule is CN1CCN(CCCCOc2ccccc2N)CC1. The maximum absolute atomic E-state index is 5.83. The summed E-state index contributed by atoms with van der Waals surface area (Å²) in [5, 5.41) is 0. The molecule has 19 heavy (non-hydrogen) atoms. The van der Waals surface area contributed by atoms with Gasteiger partial charge in [0.2, 0.25) is 0 Å². The number of nitrogens with two attached hydrogens (primary N) is 1. The van der Waals surface area contributed by atoms with E-state index in [1.54, 1.807) is 0 Å². The maximum atomic E-state index is 5.83. The Morgan fingerprint density at radius 3 is 2.58 bits per heavy atom. The Hall–Kier alpha value is -1.26. The minimum absolute atomic E-state index is 0.724. The van der Waals surface area contributed by atoms with Crippen molar-refractivity contribution in [1.29, 1.82) is 0 Å². The fraction of sp³-hybridized carbons (Fsp3) is 0.600. The van der Waals surface area contributed by atoms with E-state index in [0.29, 0.717) is 0 Å². The highest BCUT2D eigenvalue weighted by Crippen LogP contribution is 2.19. The fourth-order valence-corrected chi connectivity index (χ4v) is 2.30. The molecule has 106 valence electrons. The second-order valence-corrected chi connectivity index (χ2v) is 5.24. The Kier molecular flexibility index (Phi) is 5.48. The van der Waals surface area contributed by atoms with Gasteiger partial charge in [-0.1, -0.05) is 12.1 Å². The molecule has 1 saturated heterocycles. The maximum Gasteiger partial charge on any atom is 0.142 e. The van der Waals surface area contributed by atoms with Gasteiger partial charge in [-0.15, -0.1) is 0 Å². The molecule has 0 spiro atoms. The molecule has 4 heteroatoms. The molecule has 0 aromatic heterocycles. The lowest BCUT2D eigenvalue weighted by molar-refractivity contribution is 0.150. The third-order valence-corrected chi connectivity index (χ3v) is 3.64. The molecular formula is C15H25N3O. The van der Waals surface area contributed by atoms with Crippen LogP contribution < -0.4 is 10.5 Å². The molecule has 1 aromatic carbocycles. The normalized spacial score (nSPS) is 17.5. The number of anilines is 1. The number of rotatable bonds is 6. The van der Waals surface area contributed by atoms with Crippen molar-refractivity contribution in [2.45, 2.75) is 12.8 Å². The second kappa shape index (κ2) is 7.36. The van der Waals surface area contributed by atoms with E-state index in [1.165, 1.54) is 39.1 Å². The van der Waals surface area contributed by atoms with Gasteiger partial charge in [-0.2, -0.15) is 0 Å². The van der Waals surface area contributed by atoms with E-state index in [1.807, 2.05) is 24.3 Å². The smallest absolute Gasteiger partial charge is 0.142 e. The van der Waals surface area contributed by atoms with Crippen LogP contribution in [0.25, 0.3) is 0 Å². The average molecular weight is 263 g/mol. The summed E-state index contributed by atoms with van der Waals surface area (Å²) >= 11 is 0. The predicted molar refractivity (Wildman–Crippen MR) is 79.5 cm³/mol. The molecule has 1 aliphatic heterocycles. The van der Waals surface area contributed by atoms with Gasteiger partial charge in [0, 0.05) is 26.2 Å². The quantitative estimate of drug-likeness (QED) is 0.626. The number of unbranched alkanes of at least 4 members (excludes halogenated alkanes) is 1. The van der Waals surface area contributed by atoms with E-state index in [2.05, 4.69) is 16.8 Å². The summed E-state index contributed by atoms with van der Waals surface area (Å²) in [6.07, 6.45) is 2.27. The number of ether oxygens (including phenoxy) is 1. The number of nitrogens with zero attached hydrogens (tertiary/aromatic N) is 2. The van der Waals surface area contributed by atoms with Crippen molar-refractivity contribution in [3.8, 4) is 5.75 Å². The van der Waals surface area contributed by atoms with Gasteiger partial charge in [-0.3, -0.25) is 0 Å². The number of hydrogen-bond donors (Lipinski definition) is 1. The van der Waals surface area contributed by atoms with Gasteiger partial charge in [0.05, 0.1) is 12.3 Å². The van der Waals surface area contributed by atoms with E-state index in [9.17, 15) is 0 Å². The summed E-state index contributed by atoms with van der Waals surface area (Å²) in [5.74, 6) is 0.807. The molecular weight excluding hydrogens is 238 g/mol. The molecule has 1 aliphatic rings. The van der Waals surface area contributed by atoms with Gasteiger partial charge in [0.1, 0.15) is 5.75 Å². The summed E-state index contributed by atoms with van der Waals surface area (Å²) in [6.45, 7) is 6.71. The van der Waals surface area contributed by atoms with Gasteiger partial charge in [0.15, 0.2) is 0 Å². The lowest BCUT2D eigenvalue weighted by Crippen LogP contribution is -2.44. The van der Waals surface area contributed by atoms with Crippen molar-refractivity contribution >= 4 is 5.69 Å². The number of para-hydroxylation sites is 2. The molecule has 0 saturated carbocycles. The topological polar surface area (TPSA) is 41.7 Å². The first-order valence-electron chi connectivity index (χ1n) is 7.14. The zero-order valence-electron chi connectivity index (χ0n) is 11.8. The Labute approximate surface area is 116 Å². The van der Waals surface area contributed by atoms with Gasteiger partial charge in [-0.25, -0.2) is 0 Å². The first-order chi connectivity index (χ1) is 9.25. The summed E-state index contributed by atoms with van der Waals surface area (Å²) in [5.41, 5.74) is 6.55. The number of hydrogen-bond acceptors (Lipinski definition) is 4. The minimum Gasteiger partial charge on any atom is -0.491 e. The van der Waals surface area contributed by atoms with Crippen LogP contribution in [0.5, 0.6) is 5.75 Å². The second-order valence-electron chi connectivity index (χ2n) is 5.24. The average Bonchev–Trinajstić information content (AvgIpc) is 2.42. The molecule has 0 radical (unpaired) electrons. The van der Waals surface area contributed by atoms with E-state index < -0.39 is 0 Å². The Bertz CT molecular complexity index is 375. The van der Waals surface area contributed by atoms with Crippen LogP contribution in [0.15, 0.2) is 24.3 Å². The Morgan fingerprint density at radius 1 is 1.11 bits per heavy atom. The molecule has 0 aliphatic carbocycles. The first kappa shape index (κ1) is 14.2. The Morgan fingerprint density at radius 2 is 1.84 bits per heavy atom. The predicted octanol–water partition coefficient (Wildman–Crippen LogP) is 1.68. The van der Waals surface area contributed by atoms with Crippen molar-refractivity contribution in [2.24, 2.45) is 0 Å². The van der Waals surface area contributed by atoms with Crippen molar-refractivity contribution < 1.29 is 4.74 Å². The van der Waals surface area contributed by atoms with E-state index >= 15 is 0 Å². The molecule has 1 aromatic rings. The van der Waals surface area contributed by atoms with Gasteiger partial charge in [-0.05, 0) is 38.6 Å². The summed E-state index contributed by atoms with van der Waals surface area (Å²) in [4.78, 5) is 4.93. The molecule has 0 atom stereocenters. The summed E-state index contributed by atoms with van der Waals surface area (Å²) < 4.78 is 5.69. The van der Waals surface area contributed by atoms with Crippen molar-refractivity contribution in [1.82, 2.24) is 9.80 Å². The number of benzene rings is 1. The highest BCUT2D eigenvalue weighted by molar-refractivity contribution is 5.51. The Balaban J connectivity index is 1.56. The molecule has 1 fully saturated rings. The highest BCUT2D eigenvalue weighted by Gasteiger charge is 2.12. The van der Waals surface area contributed by atoms with Crippen LogP contribution in [0, 0.1) is 0 Å². The summed E-state index contributed by atoms with van der Waals surface area (Å²) in [6, 6.07) is 7.68. The molecule has 2 N–H and O–H groups in total. The van der Waals surface area contributed by atoms with Crippen LogP contribution in [0.4, 0.5) is 5.69 Å². The fourth-order valence-electron chi connectivity index (χ4n) is 2.30. The number of nitrogen functional groups attached to an aromatic ring is 1. The van der Waals surface area contributed by atoms with Crippen LogP contribution in [-0.2, 0) is 0 Å². The van der Waals surface area contributed by atoms with Gasteiger partial charge >= 0.3 is 0 Å². The van der Waals surface area contributed by atoms with Crippen molar-refractivity contribution in [3.05, 3.63) is 24.3 Å². The lowest BCUT2D eigenvalue weighted by atomic mass is 10.2. The van der Waals surface area contributed by atoms with E-state index in [-0.39, 0.29) is 0 Å². The summed E-state index contributed by atoms with van der Waals surface area (Å²) in [7, 11) is 2.19. The van der Waals surface area contributed by atoms with E-state index in [0.717, 1.165) is 24.5 Å². The standard InChI is InChI=1S/C15H25N3O/c1-17-9-11-18(12-10-17)8-4-5-13-19-15-7-3-2-6-14(15)16/h2-3,6-7H,4-5,8-13,16H2,1H3. The van der Waals surface area contributed by atoms with Crippen molar-refractivity contribution in [2.75, 3.05) is 52.1 Å². The number of piperazine rings is 1. The van der Waals surface area contributed by atoms with Gasteiger partial charge in [0.25, 0.3) is 0 Å². The van der Waals surface area contributed by atoms with Crippen LogP contribution in [0.3, 0.4) is 0 Å². The van der Waals surface area contributed by atoms with Crippen LogP contribution in [-0.4, -0.2) is 56.2 Å². The van der Waals surface area contributed by atoms with E-state index in [4.69, 9.17) is 10.5 Å². The zero-order chi connectivity index (χ0) is 13.5. The van der Waals surface area contributed by atoms with Crippen LogP contribution in [0.2, 0.25) is 0 Å². The largest absolute Gasteiger partial charge is 0.491 e. The highest BCUT2D eigenvalue weighted by atomic mass is 16.5. The monoisotopic (exact) mass is 263 g/mol. The van der Waals surface area contributed by atoms with Gasteiger partial charge < -0.3 is 20.3 Å². The van der Waals surface area contributed by atoms with Crippen LogP contribution in [0.1, 0.15) is 12.8 Å². The third-order valence-electron chi connectivity index (χ3n) is 3.64. The molecule has 0 bridgehead atoms. The number of likely N-dealkylation sites (N-methyl/N-ethyl adjacent to an activating group) is 1. The third kappa shape index (κ3) is 4.73. The first-order valence-corrected chi connectivity index (χ1v) is 7.14. The molecule has 2 rings (SSSR count). The lowest BCUT2D eigenvalue weighted by Gasteiger charge is -2.32. The minimum atomic E-state index is 0.724. The van der Waals surface area contributed by atoms with Crippen molar-refractivity contribution in [3.63, 3.8) is 0 Å². The molecule has 0 unspecified atom stereocenters. The molecule has 0 amide bonds. The zero-order valence-corrected chi connectivity index (χ0v) is 11.8. The molecule has 1 heterocycles.